The second-order valence-electron chi connectivity index (χ2n) is 4.98. The smallest absolute Gasteiger partial charge is 0.341 e. The van der Waals surface area contributed by atoms with Crippen LogP contribution in [0.15, 0.2) is 47.6 Å². The predicted octanol–water partition coefficient (Wildman–Crippen LogP) is 4.50. The number of halogens is 4. The van der Waals surface area contributed by atoms with Gasteiger partial charge in [0.2, 0.25) is 0 Å². The van der Waals surface area contributed by atoms with Gasteiger partial charge in [0.25, 0.3) is 5.76 Å². The molecule has 0 fully saturated rings. The largest absolute Gasteiger partial charge is 0.454 e. The number of para-hydroxylation sites is 2. The van der Waals surface area contributed by atoms with Crippen molar-refractivity contribution in [1.82, 2.24) is 14.5 Å². The zero-order valence-corrected chi connectivity index (χ0v) is 13.8. The second-order valence-corrected chi connectivity index (χ2v) is 5.95. The molecule has 0 aliphatic carbocycles. The Labute approximate surface area is 149 Å². The minimum Gasteiger partial charge on any atom is -0.454 e. The van der Waals surface area contributed by atoms with E-state index in [-0.39, 0.29) is 33.7 Å². The number of imidazole rings is 1. The van der Waals surface area contributed by atoms with Crippen LogP contribution in [0.4, 0.5) is 17.6 Å². The fraction of sp³-hybridized carbons (Fsp3) is 0.188. The molecular formula is C16H11F4N3O2S. The normalized spacial score (nSPS) is 11.5. The average Bonchev–Trinajstić information content (AvgIpc) is 2.98. The van der Waals surface area contributed by atoms with Crippen LogP contribution in [0.1, 0.15) is 22.7 Å². The number of benzene rings is 1. The molecule has 0 bridgehead atoms. The van der Waals surface area contributed by atoms with Crippen LogP contribution in [0.3, 0.4) is 0 Å². The molecule has 26 heavy (non-hydrogen) atoms. The number of hydrogen-bond acceptors (Lipinski definition) is 5. The van der Waals surface area contributed by atoms with Crippen molar-refractivity contribution >= 4 is 28.8 Å². The van der Waals surface area contributed by atoms with Gasteiger partial charge in [-0.25, -0.2) is 14.8 Å². The highest BCUT2D eigenvalue weighted by Gasteiger charge is 2.21. The van der Waals surface area contributed by atoms with Crippen LogP contribution in [0.5, 0.6) is 0 Å². The molecule has 0 amide bonds. The Kier molecular flexibility index (Phi) is 5.40. The van der Waals surface area contributed by atoms with E-state index in [2.05, 4.69) is 9.97 Å². The van der Waals surface area contributed by atoms with Crippen molar-refractivity contribution in [1.29, 1.82) is 0 Å². The molecule has 0 aliphatic rings. The molecule has 0 saturated heterocycles. The number of esters is 1. The summed E-state index contributed by atoms with van der Waals surface area (Å²) in [6.45, 7) is -3.41. The van der Waals surface area contributed by atoms with Gasteiger partial charge in [-0.05, 0) is 36.0 Å². The first-order valence-corrected chi connectivity index (χ1v) is 8.16. The molecule has 3 aromatic rings. The number of aromatic nitrogens is 3. The van der Waals surface area contributed by atoms with Crippen LogP contribution in [0, 0.1) is 0 Å². The fourth-order valence-electron chi connectivity index (χ4n) is 2.35. The SMILES string of the molecule is O=C(OCc1nc2ccccc2n1C(F)F)c1cccnc1SC(F)F. The molecule has 0 atom stereocenters. The predicted molar refractivity (Wildman–Crippen MR) is 86.2 cm³/mol. The maximum absolute atomic E-state index is 13.3. The first-order chi connectivity index (χ1) is 12.5. The lowest BCUT2D eigenvalue weighted by Gasteiger charge is -2.10. The van der Waals surface area contributed by atoms with E-state index in [0.717, 1.165) is 0 Å². The van der Waals surface area contributed by atoms with Gasteiger partial charge in [-0.1, -0.05) is 12.1 Å². The van der Waals surface area contributed by atoms with E-state index < -0.39 is 24.9 Å². The number of hydrogen-bond donors (Lipinski definition) is 0. The minimum absolute atomic E-state index is 0.101. The highest BCUT2D eigenvalue weighted by Crippen LogP contribution is 2.27. The van der Waals surface area contributed by atoms with Crippen molar-refractivity contribution in [2.75, 3.05) is 0 Å². The quantitative estimate of drug-likeness (QED) is 0.355. The molecular weight excluding hydrogens is 374 g/mol. The van der Waals surface area contributed by atoms with Crippen LogP contribution < -0.4 is 0 Å². The van der Waals surface area contributed by atoms with Crippen LogP contribution in [-0.4, -0.2) is 26.3 Å². The number of ether oxygens (including phenoxy) is 1. The third-order valence-corrected chi connectivity index (χ3v) is 4.11. The van der Waals surface area contributed by atoms with Crippen LogP contribution >= 0.6 is 11.8 Å². The highest BCUT2D eigenvalue weighted by molar-refractivity contribution is 7.99. The summed E-state index contributed by atoms with van der Waals surface area (Å²) in [5.74, 6) is -3.87. The van der Waals surface area contributed by atoms with E-state index in [1.54, 1.807) is 18.2 Å². The Morgan fingerprint density at radius 2 is 1.92 bits per heavy atom. The summed E-state index contributed by atoms with van der Waals surface area (Å²) in [5, 5.41) is -0.199. The Morgan fingerprint density at radius 3 is 2.65 bits per heavy atom. The van der Waals surface area contributed by atoms with Crippen molar-refractivity contribution in [2.45, 2.75) is 23.9 Å². The van der Waals surface area contributed by atoms with E-state index in [0.29, 0.717) is 10.1 Å². The summed E-state index contributed by atoms with van der Waals surface area (Å²) in [7, 11) is 0. The zero-order chi connectivity index (χ0) is 18.7. The maximum Gasteiger partial charge on any atom is 0.341 e. The van der Waals surface area contributed by atoms with Gasteiger partial charge in [0.15, 0.2) is 5.82 Å². The summed E-state index contributed by atoms with van der Waals surface area (Å²) in [4.78, 5) is 19.9. The molecule has 136 valence electrons. The number of fused-ring (bicyclic) bond motifs is 1. The van der Waals surface area contributed by atoms with Gasteiger partial charge in [0.1, 0.15) is 11.6 Å². The number of thioether (sulfide) groups is 1. The van der Waals surface area contributed by atoms with Crippen molar-refractivity contribution in [3.05, 3.63) is 54.0 Å². The Morgan fingerprint density at radius 1 is 1.15 bits per heavy atom. The number of carbonyl (C=O) groups excluding carboxylic acids is 1. The molecule has 0 unspecified atom stereocenters. The molecule has 0 radical (unpaired) electrons. The van der Waals surface area contributed by atoms with E-state index in [1.165, 1.54) is 24.4 Å². The maximum atomic E-state index is 13.3. The molecule has 0 spiro atoms. The number of nitrogens with zero attached hydrogens (tertiary/aromatic N) is 3. The summed E-state index contributed by atoms with van der Waals surface area (Å²) in [6.07, 6.45) is 1.26. The lowest BCUT2D eigenvalue weighted by atomic mass is 10.3. The molecule has 0 N–H and O–H groups in total. The van der Waals surface area contributed by atoms with Crippen LogP contribution in [0.25, 0.3) is 11.0 Å². The number of rotatable bonds is 6. The summed E-state index contributed by atoms with van der Waals surface area (Å²) >= 11 is 0.101. The zero-order valence-electron chi connectivity index (χ0n) is 13.0. The van der Waals surface area contributed by atoms with Gasteiger partial charge in [0, 0.05) is 6.20 Å². The van der Waals surface area contributed by atoms with Gasteiger partial charge in [0.05, 0.1) is 16.6 Å². The van der Waals surface area contributed by atoms with E-state index in [9.17, 15) is 22.4 Å². The molecule has 0 aliphatic heterocycles. The minimum atomic E-state index is -2.88. The van der Waals surface area contributed by atoms with Gasteiger partial charge >= 0.3 is 12.5 Å². The topological polar surface area (TPSA) is 57.0 Å². The summed E-state index contributed by atoms with van der Waals surface area (Å²) in [5.41, 5.74) is 0.357. The number of alkyl halides is 4. The molecule has 2 aromatic heterocycles. The molecule has 0 saturated carbocycles. The van der Waals surface area contributed by atoms with E-state index in [1.807, 2.05) is 0 Å². The van der Waals surface area contributed by atoms with Gasteiger partial charge < -0.3 is 4.74 Å². The highest BCUT2D eigenvalue weighted by atomic mass is 32.2. The van der Waals surface area contributed by atoms with Crippen molar-refractivity contribution in [3.63, 3.8) is 0 Å². The van der Waals surface area contributed by atoms with Crippen LogP contribution in [-0.2, 0) is 11.3 Å². The van der Waals surface area contributed by atoms with Crippen molar-refractivity contribution in [3.8, 4) is 0 Å². The first-order valence-electron chi connectivity index (χ1n) is 7.28. The van der Waals surface area contributed by atoms with E-state index in [4.69, 9.17) is 4.74 Å². The van der Waals surface area contributed by atoms with Gasteiger partial charge in [-0.15, -0.1) is 0 Å². The Balaban J connectivity index is 1.83. The monoisotopic (exact) mass is 385 g/mol. The lowest BCUT2D eigenvalue weighted by molar-refractivity contribution is 0.0383. The molecule has 3 rings (SSSR count). The molecule has 1 aromatic carbocycles. The summed E-state index contributed by atoms with van der Waals surface area (Å²) < 4.78 is 57.4. The standard InChI is InChI=1S/C16H11F4N3O2S/c17-15(18)23-11-6-2-1-5-10(11)22-12(23)8-25-14(24)9-4-3-7-21-13(9)26-16(19)20/h1-7,15-16H,8H2. The number of carbonyl (C=O) groups is 1. The number of pyridine rings is 1. The Bertz CT molecular complexity index is 933. The van der Waals surface area contributed by atoms with Crippen molar-refractivity contribution < 1.29 is 27.1 Å². The molecule has 10 heteroatoms. The van der Waals surface area contributed by atoms with Crippen LogP contribution in [0.2, 0.25) is 0 Å². The van der Waals surface area contributed by atoms with Crippen molar-refractivity contribution in [2.24, 2.45) is 0 Å². The van der Waals surface area contributed by atoms with Gasteiger partial charge in [-0.3, -0.25) is 4.57 Å². The fourth-order valence-corrected chi connectivity index (χ4v) is 2.92. The summed E-state index contributed by atoms with van der Waals surface area (Å²) in [6, 6.07) is 8.92. The second kappa shape index (κ2) is 7.73. The third kappa shape index (κ3) is 3.79. The first kappa shape index (κ1) is 18.2. The molecule has 5 nitrogen and oxygen atoms in total. The van der Waals surface area contributed by atoms with Gasteiger partial charge in [-0.2, -0.15) is 17.6 Å². The average molecular weight is 385 g/mol. The molecule has 2 heterocycles. The lowest BCUT2D eigenvalue weighted by Crippen LogP contribution is -2.12. The Hall–Kier alpha value is -2.62. The third-order valence-electron chi connectivity index (χ3n) is 3.39. The van der Waals surface area contributed by atoms with E-state index >= 15 is 0 Å².